The summed E-state index contributed by atoms with van der Waals surface area (Å²) in [6.45, 7) is 3.42. The van der Waals surface area contributed by atoms with E-state index in [1.807, 2.05) is 24.0 Å². The number of nitrogens with two attached hydrogens (primary N) is 1. The number of carbonyl (C=O) groups is 1. The number of aromatic nitrogens is 2. The van der Waals surface area contributed by atoms with Crippen LogP contribution in [-0.4, -0.2) is 46.2 Å². The molecule has 2 rings (SSSR count). The fraction of sp³-hybridized carbons (Fsp3) is 0.615. The van der Waals surface area contributed by atoms with Crippen molar-refractivity contribution in [3.8, 4) is 0 Å². The second-order valence-electron chi connectivity index (χ2n) is 5.09. The molecule has 1 atom stereocenters. The van der Waals surface area contributed by atoms with Gasteiger partial charge in [0.05, 0.1) is 0 Å². The van der Waals surface area contributed by atoms with E-state index in [1.165, 1.54) is 0 Å². The third-order valence-electron chi connectivity index (χ3n) is 3.27. The quantitative estimate of drug-likeness (QED) is 0.868. The molecule has 0 aromatic carbocycles. The van der Waals surface area contributed by atoms with Gasteiger partial charge in [-0.1, -0.05) is 0 Å². The van der Waals surface area contributed by atoms with Crippen LogP contribution in [0.1, 0.15) is 26.2 Å². The first kappa shape index (κ1) is 16.7. The minimum Gasteiger partial charge on any atom is -0.366 e. The maximum atomic E-state index is 11.9. The Morgan fingerprint density at radius 3 is 2.80 bits per heavy atom. The molecule has 1 amide bonds. The van der Waals surface area contributed by atoms with Crippen molar-refractivity contribution in [3.05, 3.63) is 18.3 Å². The molecule has 7 heteroatoms. The molecule has 0 saturated carbocycles. The van der Waals surface area contributed by atoms with Gasteiger partial charge in [0, 0.05) is 37.8 Å². The molecule has 20 heavy (non-hydrogen) atoms. The van der Waals surface area contributed by atoms with Crippen LogP contribution in [0, 0.1) is 0 Å². The van der Waals surface area contributed by atoms with Gasteiger partial charge in [0.1, 0.15) is 5.82 Å². The van der Waals surface area contributed by atoms with Gasteiger partial charge in [-0.25, -0.2) is 0 Å². The highest BCUT2D eigenvalue weighted by Crippen LogP contribution is 2.15. The van der Waals surface area contributed by atoms with E-state index in [0.717, 1.165) is 31.7 Å². The van der Waals surface area contributed by atoms with Crippen LogP contribution < -0.4 is 11.1 Å². The molecule has 1 aliphatic heterocycles. The van der Waals surface area contributed by atoms with Crippen LogP contribution in [0.2, 0.25) is 0 Å². The van der Waals surface area contributed by atoms with Crippen molar-refractivity contribution in [2.24, 2.45) is 5.73 Å². The van der Waals surface area contributed by atoms with Crippen LogP contribution in [0.25, 0.3) is 0 Å². The Kier molecular flexibility index (Phi) is 6.67. The Balaban J connectivity index is 0.00000200. The van der Waals surface area contributed by atoms with Gasteiger partial charge in [0.2, 0.25) is 5.91 Å². The van der Waals surface area contributed by atoms with Crippen molar-refractivity contribution >= 4 is 24.1 Å². The lowest BCUT2D eigenvalue weighted by Crippen LogP contribution is -2.43. The van der Waals surface area contributed by atoms with Gasteiger partial charge in [0.15, 0.2) is 0 Å². The molecule has 2 heterocycles. The van der Waals surface area contributed by atoms with E-state index < -0.39 is 0 Å². The first-order chi connectivity index (χ1) is 9.15. The predicted octanol–water partition coefficient (Wildman–Crippen LogP) is 1.04. The Labute approximate surface area is 125 Å². The summed E-state index contributed by atoms with van der Waals surface area (Å²) < 4.78 is 0. The average Bonchev–Trinajstić information content (AvgIpc) is 2.40. The van der Waals surface area contributed by atoms with E-state index in [1.54, 1.807) is 6.20 Å². The van der Waals surface area contributed by atoms with Gasteiger partial charge in [-0.15, -0.1) is 17.5 Å². The fourth-order valence-electron chi connectivity index (χ4n) is 2.27. The lowest BCUT2D eigenvalue weighted by Gasteiger charge is -2.33. The molecule has 0 aliphatic carbocycles. The van der Waals surface area contributed by atoms with Crippen LogP contribution >= 0.6 is 12.4 Å². The SMILES string of the molecule is CC(N)CC(=O)N1CCC(Nc2cccnn2)CC1.Cl. The summed E-state index contributed by atoms with van der Waals surface area (Å²) in [6, 6.07) is 4.05. The number of nitrogens with one attached hydrogen (secondary N) is 1. The summed E-state index contributed by atoms with van der Waals surface area (Å²) in [5.74, 6) is 0.954. The fourth-order valence-corrected chi connectivity index (χ4v) is 2.27. The van der Waals surface area contributed by atoms with Crippen LogP contribution in [0.15, 0.2) is 18.3 Å². The van der Waals surface area contributed by atoms with Crippen molar-refractivity contribution in [1.82, 2.24) is 15.1 Å². The zero-order valence-electron chi connectivity index (χ0n) is 11.7. The summed E-state index contributed by atoms with van der Waals surface area (Å²) >= 11 is 0. The monoisotopic (exact) mass is 299 g/mol. The smallest absolute Gasteiger partial charge is 0.224 e. The molecule has 1 aromatic rings. The second-order valence-corrected chi connectivity index (χ2v) is 5.09. The first-order valence-corrected chi connectivity index (χ1v) is 6.72. The van der Waals surface area contributed by atoms with Crippen LogP contribution in [0.5, 0.6) is 0 Å². The topological polar surface area (TPSA) is 84.1 Å². The third-order valence-corrected chi connectivity index (χ3v) is 3.27. The molecule has 6 nitrogen and oxygen atoms in total. The van der Waals surface area contributed by atoms with Crippen molar-refractivity contribution in [1.29, 1.82) is 0 Å². The summed E-state index contributed by atoms with van der Waals surface area (Å²) in [4.78, 5) is 13.8. The van der Waals surface area contributed by atoms with E-state index >= 15 is 0 Å². The number of hydrogen-bond acceptors (Lipinski definition) is 5. The second kappa shape index (κ2) is 8.01. The zero-order chi connectivity index (χ0) is 13.7. The molecular formula is C13H22ClN5O. The number of rotatable bonds is 4. The number of halogens is 1. The first-order valence-electron chi connectivity index (χ1n) is 6.72. The largest absolute Gasteiger partial charge is 0.366 e. The number of amides is 1. The third kappa shape index (κ3) is 4.94. The van der Waals surface area contributed by atoms with Crippen molar-refractivity contribution in [2.45, 2.75) is 38.3 Å². The highest BCUT2D eigenvalue weighted by molar-refractivity contribution is 5.85. The maximum Gasteiger partial charge on any atom is 0.224 e. The molecule has 1 saturated heterocycles. The van der Waals surface area contributed by atoms with Crippen LogP contribution in [-0.2, 0) is 4.79 Å². The number of carbonyl (C=O) groups excluding carboxylic acids is 1. The Hall–Kier alpha value is -1.40. The molecule has 0 bridgehead atoms. The van der Waals surface area contributed by atoms with Crippen molar-refractivity contribution < 1.29 is 4.79 Å². The molecular weight excluding hydrogens is 278 g/mol. The van der Waals surface area contributed by atoms with Gasteiger partial charge in [-0.2, -0.15) is 5.10 Å². The summed E-state index contributed by atoms with van der Waals surface area (Å²) in [6.07, 6.45) is 3.95. The number of hydrogen-bond donors (Lipinski definition) is 2. The highest BCUT2D eigenvalue weighted by atomic mass is 35.5. The molecule has 0 spiro atoms. The Bertz CT molecular complexity index is 406. The molecule has 1 aliphatic rings. The Morgan fingerprint density at radius 2 is 2.25 bits per heavy atom. The van der Waals surface area contributed by atoms with Crippen LogP contribution in [0.4, 0.5) is 5.82 Å². The molecule has 0 radical (unpaired) electrons. The minimum absolute atomic E-state index is 0. The van der Waals surface area contributed by atoms with E-state index in [2.05, 4.69) is 15.5 Å². The molecule has 3 N–H and O–H groups in total. The van der Waals surface area contributed by atoms with Gasteiger partial charge >= 0.3 is 0 Å². The van der Waals surface area contributed by atoms with E-state index in [4.69, 9.17) is 5.73 Å². The summed E-state index contributed by atoms with van der Waals surface area (Å²) in [5.41, 5.74) is 5.65. The normalized spacial score (nSPS) is 17.2. The average molecular weight is 300 g/mol. The van der Waals surface area contributed by atoms with Gasteiger partial charge in [-0.05, 0) is 31.9 Å². The minimum atomic E-state index is -0.0667. The standard InChI is InChI=1S/C13H21N5O.ClH/c1-10(14)9-13(19)18-7-4-11(5-8-18)16-12-3-2-6-15-17-12;/h2-3,6,10-11H,4-5,7-9,14H2,1H3,(H,16,17);1H. The molecule has 1 fully saturated rings. The predicted molar refractivity (Wildman–Crippen MR) is 80.8 cm³/mol. The number of anilines is 1. The number of likely N-dealkylation sites (tertiary alicyclic amines) is 1. The molecule has 1 unspecified atom stereocenters. The van der Waals surface area contributed by atoms with Crippen molar-refractivity contribution in [2.75, 3.05) is 18.4 Å². The Morgan fingerprint density at radius 1 is 1.55 bits per heavy atom. The van der Waals surface area contributed by atoms with Gasteiger partial charge in [0.25, 0.3) is 0 Å². The maximum absolute atomic E-state index is 11.9. The van der Waals surface area contributed by atoms with Gasteiger partial charge in [-0.3, -0.25) is 4.79 Å². The molecule has 1 aromatic heterocycles. The summed E-state index contributed by atoms with van der Waals surface area (Å²) in [5, 5.41) is 11.2. The van der Waals surface area contributed by atoms with E-state index in [-0.39, 0.29) is 24.4 Å². The zero-order valence-corrected chi connectivity index (χ0v) is 12.5. The van der Waals surface area contributed by atoms with E-state index in [9.17, 15) is 4.79 Å². The molecule has 112 valence electrons. The highest BCUT2D eigenvalue weighted by Gasteiger charge is 2.23. The van der Waals surface area contributed by atoms with E-state index in [0.29, 0.717) is 12.5 Å². The van der Waals surface area contributed by atoms with Crippen LogP contribution in [0.3, 0.4) is 0 Å². The lowest BCUT2D eigenvalue weighted by atomic mass is 10.0. The number of piperidine rings is 1. The van der Waals surface area contributed by atoms with Crippen molar-refractivity contribution in [3.63, 3.8) is 0 Å². The lowest BCUT2D eigenvalue weighted by molar-refractivity contribution is -0.132. The summed E-state index contributed by atoms with van der Waals surface area (Å²) in [7, 11) is 0. The van der Waals surface area contributed by atoms with Gasteiger partial charge < -0.3 is 16.0 Å². The number of nitrogens with zero attached hydrogens (tertiary/aromatic N) is 3.